The number of carbonyl (C=O) groups excluding carboxylic acids is 1. The zero-order valence-electron chi connectivity index (χ0n) is 18.5. The molecule has 4 heterocycles. The van der Waals surface area contributed by atoms with Crippen LogP contribution in [-0.2, 0) is 6.42 Å². The van der Waals surface area contributed by atoms with Crippen molar-refractivity contribution in [3.05, 3.63) is 64.4 Å². The van der Waals surface area contributed by atoms with Gasteiger partial charge in [0.25, 0.3) is 5.91 Å². The minimum absolute atomic E-state index is 0.0414. The number of H-pyrrole nitrogens is 1. The first-order valence-corrected chi connectivity index (χ1v) is 11.4. The second kappa shape index (κ2) is 8.74. The fraction of sp³-hybridized carbons (Fsp3) is 0.304. The predicted octanol–water partition coefficient (Wildman–Crippen LogP) is 3.68. The van der Waals surface area contributed by atoms with Gasteiger partial charge in [-0.15, -0.1) is 5.10 Å². The quantitative estimate of drug-likeness (QED) is 0.468. The van der Waals surface area contributed by atoms with Crippen molar-refractivity contribution in [1.29, 1.82) is 0 Å². The summed E-state index contributed by atoms with van der Waals surface area (Å²) in [5, 5.41) is 15.6. The van der Waals surface area contributed by atoms with Crippen molar-refractivity contribution in [3.63, 3.8) is 0 Å². The second-order valence-corrected chi connectivity index (χ2v) is 8.51. The van der Waals surface area contributed by atoms with Crippen LogP contribution in [0.2, 0.25) is 5.02 Å². The van der Waals surface area contributed by atoms with Gasteiger partial charge in [-0.2, -0.15) is 10.1 Å². The largest absolute Gasteiger partial charge is 0.336 e. The zero-order valence-corrected chi connectivity index (χ0v) is 19.3. The number of aromatic nitrogens is 5. The van der Waals surface area contributed by atoms with E-state index in [9.17, 15) is 4.79 Å². The first kappa shape index (κ1) is 21.3. The Balaban J connectivity index is 1.32. The summed E-state index contributed by atoms with van der Waals surface area (Å²) < 4.78 is 1.80. The Morgan fingerprint density at radius 2 is 2.00 bits per heavy atom. The van der Waals surface area contributed by atoms with Gasteiger partial charge in [0.2, 0.25) is 5.95 Å². The Morgan fingerprint density at radius 3 is 2.70 bits per heavy atom. The monoisotopic (exact) mass is 464 g/mol. The van der Waals surface area contributed by atoms with Gasteiger partial charge < -0.3 is 15.1 Å². The van der Waals surface area contributed by atoms with Crippen LogP contribution >= 0.6 is 11.6 Å². The molecule has 0 spiro atoms. The van der Waals surface area contributed by atoms with Gasteiger partial charge in [0, 0.05) is 44.1 Å². The Labute approximate surface area is 196 Å². The van der Waals surface area contributed by atoms with E-state index >= 15 is 0 Å². The van der Waals surface area contributed by atoms with Crippen molar-refractivity contribution in [3.8, 4) is 0 Å². The molecule has 1 aromatic carbocycles. The molecule has 0 atom stereocenters. The summed E-state index contributed by atoms with van der Waals surface area (Å²) in [5.41, 5.74) is 3.49. The SMILES string of the molecule is CCc1ccc(C(=O)N2CCN(c3nc(Nc4cc(C)[nH]n4)c4cccn4n3)CC2)c(Cl)c1. The molecule has 1 amide bonds. The van der Waals surface area contributed by atoms with Crippen molar-refractivity contribution < 1.29 is 4.79 Å². The molecule has 33 heavy (non-hydrogen) atoms. The van der Waals surface area contributed by atoms with E-state index in [4.69, 9.17) is 16.6 Å². The number of halogens is 1. The molecule has 170 valence electrons. The average molecular weight is 465 g/mol. The minimum atomic E-state index is -0.0414. The van der Waals surface area contributed by atoms with Gasteiger partial charge in [-0.25, -0.2) is 4.52 Å². The van der Waals surface area contributed by atoms with Crippen LogP contribution in [-0.4, -0.2) is 61.8 Å². The van der Waals surface area contributed by atoms with Crippen molar-refractivity contribution in [2.45, 2.75) is 20.3 Å². The van der Waals surface area contributed by atoms with Gasteiger partial charge in [0.1, 0.15) is 5.52 Å². The number of aromatic amines is 1. The number of amides is 1. The lowest BCUT2D eigenvalue weighted by molar-refractivity contribution is 0.0746. The number of nitrogens with one attached hydrogen (secondary N) is 2. The molecule has 1 aliphatic rings. The summed E-state index contributed by atoms with van der Waals surface area (Å²) in [6, 6.07) is 11.5. The number of carbonyl (C=O) groups is 1. The van der Waals surface area contributed by atoms with E-state index in [1.54, 1.807) is 4.52 Å². The molecule has 10 heteroatoms. The number of aryl methyl sites for hydroxylation is 2. The molecule has 2 N–H and O–H groups in total. The number of hydrogen-bond donors (Lipinski definition) is 2. The predicted molar refractivity (Wildman–Crippen MR) is 129 cm³/mol. The number of nitrogens with zero attached hydrogens (tertiary/aromatic N) is 6. The van der Waals surface area contributed by atoms with Gasteiger partial charge in [-0.1, -0.05) is 24.6 Å². The smallest absolute Gasteiger partial charge is 0.255 e. The third-order valence-corrected chi connectivity index (χ3v) is 6.17. The van der Waals surface area contributed by atoms with Gasteiger partial charge in [0.15, 0.2) is 11.6 Å². The Kier molecular flexibility index (Phi) is 5.63. The molecule has 0 aliphatic carbocycles. The molecule has 0 unspecified atom stereocenters. The lowest BCUT2D eigenvalue weighted by Gasteiger charge is -2.35. The second-order valence-electron chi connectivity index (χ2n) is 8.11. The molecule has 5 rings (SSSR count). The molecule has 1 aliphatic heterocycles. The highest BCUT2D eigenvalue weighted by atomic mass is 35.5. The lowest BCUT2D eigenvalue weighted by Crippen LogP contribution is -2.49. The number of benzene rings is 1. The zero-order chi connectivity index (χ0) is 22.9. The molecular formula is C23H25ClN8O. The molecule has 0 saturated carbocycles. The Hall–Kier alpha value is -3.59. The number of anilines is 3. The summed E-state index contributed by atoms with van der Waals surface area (Å²) in [6.45, 7) is 6.41. The highest BCUT2D eigenvalue weighted by molar-refractivity contribution is 6.33. The molecule has 0 radical (unpaired) electrons. The van der Waals surface area contributed by atoms with Crippen LogP contribution in [0.3, 0.4) is 0 Å². The maximum absolute atomic E-state index is 13.0. The van der Waals surface area contributed by atoms with E-state index in [0.717, 1.165) is 23.2 Å². The summed E-state index contributed by atoms with van der Waals surface area (Å²) >= 11 is 6.38. The first-order chi connectivity index (χ1) is 16.0. The maximum Gasteiger partial charge on any atom is 0.255 e. The summed E-state index contributed by atoms with van der Waals surface area (Å²) in [6.07, 6.45) is 2.78. The lowest BCUT2D eigenvalue weighted by atomic mass is 10.1. The van der Waals surface area contributed by atoms with Crippen LogP contribution in [0.15, 0.2) is 42.6 Å². The van der Waals surface area contributed by atoms with Crippen molar-refractivity contribution in [1.82, 2.24) is 29.7 Å². The molecule has 0 bridgehead atoms. The van der Waals surface area contributed by atoms with E-state index in [-0.39, 0.29) is 5.91 Å². The average Bonchev–Trinajstić information content (AvgIpc) is 3.47. The van der Waals surface area contributed by atoms with Crippen LogP contribution in [0, 0.1) is 6.92 Å². The summed E-state index contributed by atoms with van der Waals surface area (Å²) in [4.78, 5) is 21.7. The highest BCUT2D eigenvalue weighted by Crippen LogP contribution is 2.24. The van der Waals surface area contributed by atoms with Gasteiger partial charge >= 0.3 is 0 Å². The summed E-state index contributed by atoms with van der Waals surface area (Å²) in [7, 11) is 0. The van der Waals surface area contributed by atoms with Crippen molar-refractivity contribution in [2.75, 3.05) is 36.4 Å². The van der Waals surface area contributed by atoms with Crippen molar-refractivity contribution >= 4 is 40.6 Å². The molecule has 9 nitrogen and oxygen atoms in total. The molecule has 3 aromatic heterocycles. The fourth-order valence-corrected chi connectivity index (χ4v) is 4.27. The third kappa shape index (κ3) is 4.23. The normalized spacial score (nSPS) is 14.2. The van der Waals surface area contributed by atoms with Gasteiger partial charge in [0.05, 0.1) is 10.6 Å². The highest BCUT2D eigenvalue weighted by Gasteiger charge is 2.25. The maximum atomic E-state index is 13.0. The number of fused-ring (bicyclic) bond motifs is 1. The van der Waals surface area contributed by atoms with Crippen LogP contribution < -0.4 is 10.2 Å². The van der Waals surface area contributed by atoms with E-state index in [1.165, 1.54) is 0 Å². The molecule has 4 aromatic rings. The van der Waals surface area contributed by atoms with E-state index in [1.807, 2.05) is 54.4 Å². The van der Waals surface area contributed by atoms with E-state index < -0.39 is 0 Å². The topological polar surface area (TPSA) is 94.5 Å². The number of piperazine rings is 1. The van der Waals surface area contributed by atoms with Crippen LogP contribution in [0.1, 0.15) is 28.5 Å². The van der Waals surface area contributed by atoms with Gasteiger partial charge in [-0.3, -0.25) is 9.89 Å². The standard InChI is InChI=1S/C23H25ClN8O/c1-3-16-6-7-17(18(24)14-16)22(33)30-9-11-31(12-10-30)23-26-21(19-5-4-8-32(19)29-23)25-20-13-15(2)27-28-20/h4-8,13-14H,3,9-12H2,1-2H3,(H2,25,26,27,28,29). The number of hydrogen-bond acceptors (Lipinski definition) is 6. The molecular weight excluding hydrogens is 440 g/mol. The van der Waals surface area contributed by atoms with Gasteiger partial charge in [-0.05, 0) is 43.2 Å². The number of rotatable bonds is 5. The van der Waals surface area contributed by atoms with Crippen molar-refractivity contribution in [2.24, 2.45) is 0 Å². The van der Waals surface area contributed by atoms with Crippen LogP contribution in [0.5, 0.6) is 0 Å². The minimum Gasteiger partial charge on any atom is -0.336 e. The Bertz CT molecular complexity index is 1310. The summed E-state index contributed by atoms with van der Waals surface area (Å²) in [5.74, 6) is 1.94. The van der Waals surface area contributed by atoms with E-state index in [2.05, 4.69) is 32.4 Å². The third-order valence-electron chi connectivity index (χ3n) is 5.85. The van der Waals surface area contributed by atoms with E-state index in [0.29, 0.717) is 54.3 Å². The first-order valence-electron chi connectivity index (χ1n) is 11.0. The Morgan fingerprint density at radius 1 is 1.18 bits per heavy atom. The molecule has 1 saturated heterocycles. The molecule has 1 fully saturated rings. The van der Waals surface area contributed by atoms with Crippen LogP contribution in [0.4, 0.5) is 17.6 Å². The van der Waals surface area contributed by atoms with Crippen LogP contribution in [0.25, 0.3) is 5.52 Å². The fourth-order valence-electron chi connectivity index (χ4n) is 3.98.